The molecule has 114 valence electrons. The van der Waals surface area contributed by atoms with Gasteiger partial charge in [0.2, 0.25) is 0 Å². The summed E-state index contributed by atoms with van der Waals surface area (Å²) in [5.41, 5.74) is 2.12. The first-order chi connectivity index (χ1) is 10.6. The van der Waals surface area contributed by atoms with Crippen molar-refractivity contribution in [2.24, 2.45) is 0 Å². The van der Waals surface area contributed by atoms with Gasteiger partial charge in [0.25, 0.3) is 0 Å². The van der Waals surface area contributed by atoms with E-state index in [9.17, 15) is 9.59 Å². The van der Waals surface area contributed by atoms with Crippen molar-refractivity contribution in [3.63, 3.8) is 0 Å². The van der Waals surface area contributed by atoms with Crippen LogP contribution in [0.5, 0.6) is 0 Å². The van der Waals surface area contributed by atoms with E-state index in [0.29, 0.717) is 35.6 Å². The number of benzene rings is 2. The topological polar surface area (TPSA) is 43.4 Å². The lowest BCUT2D eigenvalue weighted by Crippen LogP contribution is -2.06. The van der Waals surface area contributed by atoms with Crippen molar-refractivity contribution in [1.29, 1.82) is 0 Å². The van der Waals surface area contributed by atoms with Crippen LogP contribution in [0.25, 0.3) is 0 Å². The molecule has 0 heterocycles. The second-order valence-corrected chi connectivity index (χ2v) is 5.28. The van der Waals surface area contributed by atoms with Crippen molar-refractivity contribution >= 4 is 23.4 Å². The third-order valence-electron chi connectivity index (χ3n) is 3.27. The maximum atomic E-state index is 12.1. The maximum absolute atomic E-state index is 12.1. The zero-order valence-corrected chi connectivity index (χ0v) is 13.1. The van der Waals surface area contributed by atoms with Crippen LogP contribution in [0.2, 0.25) is 5.02 Å². The highest BCUT2D eigenvalue weighted by Gasteiger charge is 2.09. The summed E-state index contributed by atoms with van der Waals surface area (Å²) < 4.78 is 4.91. The molecule has 0 bridgehead atoms. The van der Waals surface area contributed by atoms with Gasteiger partial charge in [-0.2, -0.15) is 0 Å². The highest BCUT2D eigenvalue weighted by molar-refractivity contribution is 6.30. The van der Waals surface area contributed by atoms with E-state index in [0.717, 1.165) is 5.56 Å². The fraction of sp³-hybridized carbons (Fsp3) is 0.222. The molecule has 22 heavy (non-hydrogen) atoms. The lowest BCUT2D eigenvalue weighted by Gasteiger charge is -2.04. The minimum absolute atomic E-state index is 0.0466. The molecule has 0 saturated heterocycles. The number of halogens is 1. The third kappa shape index (κ3) is 4.43. The van der Waals surface area contributed by atoms with Crippen molar-refractivity contribution in [3.8, 4) is 0 Å². The summed E-state index contributed by atoms with van der Waals surface area (Å²) >= 11 is 5.83. The number of ether oxygens (including phenoxy) is 1. The summed E-state index contributed by atoms with van der Waals surface area (Å²) in [6, 6.07) is 14.0. The first-order valence-electron chi connectivity index (χ1n) is 7.15. The zero-order valence-electron chi connectivity index (χ0n) is 12.3. The zero-order chi connectivity index (χ0) is 15.9. The van der Waals surface area contributed by atoms with Gasteiger partial charge in [0, 0.05) is 17.0 Å². The minimum Gasteiger partial charge on any atom is -0.462 e. The number of aryl methyl sites for hydroxylation is 1. The Balaban J connectivity index is 1.95. The highest BCUT2D eigenvalue weighted by atomic mass is 35.5. The van der Waals surface area contributed by atoms with Crippen LogP contribution < -0.4 is 0 Å². The Morgan fingerprint density at radius 1 is 0.955 bits per heavy atom. The van der Waals surface area contributed by atoms with E-state index in [4.69, 9.17) is 16.3 Å². The van der Waals surface area contributed by atoms with Gasteiger partial charge in [-0.15, -0.1) is 0 Å². The Kier molecular flexibility index (Phi) is 5.73. The number of carbonyl (C=O) groups excluding carboxylic acids is 2. The first-order valence-corrected chi connectivity index (χ1v) is 7.52. The van der Waals surface area contributed by atoms with E-state index in [1.807, 2.05) is 24.3 Å². The van der Waals surface area contributed by atoms with Crippen molar-refractivity contribution in [3.05, 3.63) is 70.2 Å². The average molecular weight is 317 g/mol. The molecule has 0 aliphatic rings. The summed E-state index contributed by atoms with van der Waals surface area (Å²) in [4.78, 5) is 23.7. The summed E-state index contributed by atoms with van der Waals surface area (Å²) in [5.74, 6) is -0.326. The van der Waals surface area contributed by atoms with Crippen LogP contribution in [0, 0.1) is 0 Å². The fourth-order valence-corrected chi connectivity index (χ4v) is 2.19. The first kappa shape index (κ1) is 16.2. The van der Waals surface area contributed by atoms with Crippen LogP contribution >= 0.6 is 11.6 Å². The molecule has 0 N–H and O–H groups in total. The van der Waals surface area contributed by atoms with Gasteiger partial charge in [-0.25, -0.2) is 4.79 Å². The van der Waals surface area contributed by atoms with Crippen LogP contribution in [0.3, 0.4) is 0 Å². The molecule has 0 fully saturated rings. The molecule has 0 aliphatic heterocycles. The van der Waals surface area contributed by atoms with E-state index in [-0.39, 0.29) is 11.8 Å². The molecule has 0 saturated carbocycles. The van der Waals surface area contributed by atoms with Crippen LogP contribution in [-0.2, 0) is 11.2 Å². The lowest BCUT2D eigenvalue weighted by atomic mass is 10.0. The van der Waals surface area contributed by atoms with Gasteiger partial charge in [-0.05, 0) is 43.2 Å². The number of Topliss-reactive ketones (excluding diaryl/α,β-unsaturated/α-hetero) is 1. The maximum Gasteiger partial charge on any atom is 0.338 e. The normalized spacial score (nSPS) is 10.3. The molecule has 0 amide bonds. The predicted octanol–water partition coefficient (Wildman–Crippen LogP) is 4.33. The van der Waals surface area contributed by atoms with Gasteiger partial charge in [-0.3, -0.25) is 4.79 Å². The molecule has 0 unspecified atom stereocenters. The molecule has 0 aromatic heterocycles. The third-order valence-corrected chi connectivity index (χ3v) is 3.52. The van der Waals surface area contributed by atoms with Gasteiger partial charge >= 0.3 is 5.97 Å². The van der Waals surface area contributed by atoms with Crippen molar-refractivity contribution in [2.75, 3.05) is 6.61 Å². The van der Waals surface area contributed by atoms with Crippen LogP contribution in [-0.4, -0.2) is 18.4 Å². The van der Waals surface area contributed by atoms with Crippen molar-refractivity contribution < 1.29 is 14.3 Å². The SMILES string of the molecule is CCOC(=O)c1ccc(C(=O)CCc2ccc(Cl)cc2)cc1. The number of hydrogen-bond acceptors (Lipinski definition) is 3. The van der Waals surface area contributed by atoms with Gasteiger partial charge in [0.05, 0.1) is 12.2 Å². The van der Waals surface area contributed by atoms with Gasteiger partial charge < -0.3 is 4.74 Å². The minimum atomic E-state index is -0.373. The Morgan fingerprint density at radius 3 is 2.14 bits per heavy atom. The van der Waals surface area contributed by atoms with Gasteiger partial charge in [-0.1, -0.05) is 35.9 Å². The van der Waals surface area contributed by atoms with Gasteiger partial charge in [0.1, 0.15) is 0 Å². The Morgan fingerprint density at radius 2 is 1.55 bits per heavy atom. The van der Waals surface area contributed by atoms with E-state index in [1.165, 1.54) is 0 Å². The van der Waals surface area contributed by atoms with Crippen LogP contribution in [0.1, 0.15) is 39.6 Å². The number of rotatable bonds is 6. The predicted molar refractivity (Wildman–Crippen MR) is 86.5 cm³/mol. The summed E-state index contributed by atoms with van der Waals surface area (Å²) in [6.45, 7) is 2.09. The summed E-state index contributed by atoms with van der Waals surface area (Å²) in [6.07, 6.45) is 1.08. The summed E-state index contributed by atoms with van der Waals surface area (Å²) in [7, 11) is 0. The Labute approximate surface area is 134 Å². The quantitative estimate of drug-likeness (QED) is 0.588. The Bertz CT molecular complexity index is 645. The molecule has 0 atom stereocenters. The lowest BCUT2D eigenvalue weighted by molar-refractivity contribution is 0.0526. The molecule has 0 spiro atoms. The highest BCUT2D eigenvalue weighted by Crippen LogP contribution is 2.13. The largest absolute Gasteiger partial charge is 0.462 e. The second kappa shape index (κ2) is 7.76. The molecular formula is C18H17ClO3. The van der Waals surface area contributed by atoms with E-state index >= 15 is 0 Å². The van der Waals surface area contributed by atoms with Crippen molar-refractivity contribution in [1.82, 2.24) is 0 Å². The number of esters is 1. The van der Waals surface area contributed by atoms with E-state index in [2.05, 4.69) is 0 Å². The number of ketones is 1. The molecule has 4 heteroatoms. The molecule has 2 aromatic carbocycles. The summed E-state index contributed by atoms with van der Waals surface area (Å²) in [5, 5.41) is 0.685. The second-order valence-electron chi connectivity index (χ2n) is 4.85. The molecule has 3 nitrogen and oxygen atoms in total. The van der Waals surface area contributed by atoms with Crippen LogP contribution in [0.15, 0.2) is 48.5 Å². The molecule has 2 aromatic rings. The Hall–Kier alpha value is -2.13. The van der Waals surface area contributed by atoms with E-state index in [1.54, 1.807) is 31.2 Å². The average Bonchev–Trinajstić information content (AvgIpc) is 2.54. The number of hydrogen-bond donors (Lipinski definition) is 0. The standard InChI is InChI=1S/C18H17ClO3/c1-2-22-18(21)15-8-6-14(7-9-15)17(20)12-5-13-3-10-16(19)11-4-13/h3-4,6-11H,2,5,12H2,1H3. The molecule has 0 aliphatic carbocycles. The van der Waals surface area contributed by atoms with E-state index < -0.39 is 0 Å². The molecule has 2 rings (SSSR count). The molecular weight excluding hydrogens is 300 g/mol. The fourth-order valence-electron chi connectivity index (χ4n) is 2.06. The monoisotopic (exact) mass is 316 g/mol. The smallest absolute Gasteiger partial charge is 0.338 e. The molecule has 0 radical (unpaired) electrons. The van der Waals surface area contributed by atoms with Crippen molar-refractivity contribution in [2.45, 2.75) is 19.8 Å². The van der Waals surface area contributed by atoms with Crippen LogP contribution in [0.4, 0.5) is 0 Å². The number of carbonyl (C=O) groups is 2. The van der Waals surface area contributed by atoms with Gasteiger partial charge in [0.15, 0.2) is 5.78 Å².